The number of nitrogens with two attached hydrogens (primary N) is 1. The summed E-state index contributed by atoms with van der Waals surface area (Å²) in [7, 11) is 0. The molecular weight excluding hydrogens is 257 g/mol. The summed E-state index contributed by atoms with van der Waals surface area (Å²) in [4.78, 5) is 0. The van der Waals surface area contributed by atoms with Crippen molar-refractivity contribution in [1.82, 2.24) is 10.2 Å². The summed E-state index contributed by atoms with van der Waals surface area (Å²) in [5, 5.41) is 8.05. The fourth-order valence-electron chi connectivity index (χ4n) is 1.77. The van der Waals surface area contributed by atoms with Crippen LogP contribution in [0.25, 0.3) is 11.3 Å². The van der Waals surface area contributed by atoms with Gasteiger partial charge in [-0.1, -0.05) is 42.6 Å². The van der Waals surface area contributed by atoms with E-state index >= 15 is 0 Å². The quantitative estimate of drug-likeness (QED) is 0.888. The van der Waals surface area contributed by atoms with Crippen LogP contribution < -0.4 is 5.73 Å². The predicted octanol–water partition coefficient (Wildman–Crippen LogP) is 3.92. The highest BCUT2D eigenvalue weighted by molar-refractivity contribution is 6.42. The first kappa shape index (κ1) is 12.3. The molecule has 0 amide bonds. The van der Waals surface area contributed by atoms with Crippen LogP contribution in [0, 0.1) is 0 Å². The number of nitrogens with one attached hydrogen (secondary N) is 1. The summed E-state index contributed by atoms with van der Waals surface area (Å²) in [6.07, 6.45) is 1.90. The van der Waals surface area contributed by atoms with E-state index in [1.807, 2.05) is 12.1 Å². The van der Waals surface area contributed by atoms with Gasteiger partial charge in [0.05, 0.1) is 15.7 Å². The number of hydrogen-bond acceptors (Lipinski definition) is 2. The summed E-state index contributed by atoms with van der Waals surface area (Å²) in [6, 6.07) is 5.49. The number of aromatic amines is 1. The first-order valence-electron chi connectivity index (χ1n) is 5.41. The fourth-order valence-corrected chi connectivity index (χ4v) is 2.07. The molecule has 2 aromatic rings. The van der Waals surface area contributed by atoms with Crippen LogP contribution in [-0.4, -0.2) is 10.2 Å². The molecule has 0 saturated carbocycles. The van der Waals surface area contributed by atoms with Gasteiger partial charge < -0.3 is 5.73 Å². The van der Waals surface area contributed by atoms with Crippen LogP contribution in [0.15, 0.2) is 18.2 Å². The number of rotatable bonds is 3. The molecule has 1 aromatic carbocycles. The normalized spacial score (nSPS) is 10.8. The van der Waals surface area contributed by atoms with Crippen molar-refractivity contribution in [3.05, 3.63) is 33.8 Å². The van der Waals surface area contributed by atoms with Crippen molar-refractivity contribution in [2.45, 2.75) is 19.8 Å². The lowest BCUT2D eigenvalue weighted by molar-refractivity contribution is 0.927. The Morgan fingerprint density at radius 3 is 2.71 bits per heavy atom. The minimum absolute atomic E-state index is 0.528. The maximum absolute atomic E-state index is 6.00. The number of benzene rings is 1. The smallest absolute Gasteiger partial charge is 0.149 e. The van der Waals surface area contributed by atoms with Gasteiger partial charge in [-0.05, 0) is 18.6 Å². The SMILES string of the molecule is CCCc1c(N)n[nH]c1-c1ccc(Cl)c(Cl)c1. The lowest BCUT2D eigenvalue weighted by atomic mass is 10.0. The molecule has 1 aromatic heterocycles. The molecule has 0 atom stereocenters. The molecule has 1 heterocycles. The maximum atomic E-state index is 6.00. The van der Waals surface area contributed by atoms with Gasteiger partial charge in [-0.3, -0.25) is 5.10 Å². The topological polar surface area (TPSA) is 54.7 Å². The van der Waals surface area contributed by atoms with Crippen LogP contribution >= 0.6 is 23.2 Å². The van der Waals surface area contributed by atoms with E-state index in [1.54, 1.807) is 6.07 Å². The maximum Gasteiger partial charge on any atom is 0.149 e. The van der Waals surface area contributed by atoms with E-state index in [2.05, 4.69) is 17.1 Å². The average molecular weight is 270 g/mol. The first-order valence-corrected chi connectivity index (χ1v) is 6.17. The van der Waals surface area contributed by atoms with E-state index < -0.39 is 0 Å². The lowest BCUT2D eigenvalue weighted by Gasteiger charge is -2.04. The van der Waals surface area contributed by atoms with Gasteiger partial charge in [-0.15, -0.1) is 0 Å². The Balaban J connectivity index is 2.48. The van der Waals surface area contributed by atoms with Gasteiger partial charge in [0.1, 0.15) is 5.82 Å². The fraction of sp³-hybridized carbons (Fsp3) is 0.250. The second-order valence-corrected chi connectivity index (χ2v) is 4.66. The Labute approximate surface area is 110 Å². The summed E-state index contributed by atoms with van der Waals surface area (Å²) in [5.41, 5.74) is 8.73. The zero-order valence-corrected chi connectivity index (χ0v) is 10.9. The molecule has 90 valence electrons. The average Bonchev–Trinajstić information content (AvgIpc) is 2.66. The van der Waals surface area contributed by atoms with Gasteiger partial charge in [0.2, 0.25) is 0 Å². The van der Waals surface area contributed by atoms with Crippen LogP contribution in [0.3, 0.4) is 0 Å². The molecule has 0 fully saturated rings. The van der Waals surface area contributed by atoms with E-state index in [9.17, 15) is 0 Å². The molecule has 0 aliphatic heterocycles. The largest absolute Gasteiger partial charge is 0.382 e. The van der Waals surface area contributed by atoms with Crippen LogP contribution in [0.1, 0.15) is 18.9 Å². The summed E-state index contributed by atoms with van der Waals surface area (Å²) in [5.74, 6) is 0.549. The van der Waals surface area contributed by atoms with Gasteiger partial charge in [0.15, 0.2) is 0 Å². The first-order chi connectivity index (χ1) is 8.13. The zero-order chi connectivity index (χ0) is 12.4. The Morgan fingerprint density at radius 1 is 1.29 bits per heavy atom. The molecule has 5 heteroatoms. The molecule has 0 unspecified atom stereocenters. The van der Waals surface area contributed by atoms with Crippen LogP contribution in [0.4, 0.5) is 5.82 Å². The van der Waals surface area contributed by atoms with Crippen LogP contribution in [0.2, 0.25) is 10.0 Å². The van der Waals surface area contributed by atoms with E-state index in [4.69, 9.17) is 28.9 Å². The molecule has 3 N–H and O–H groups in total. The highest BCUT2D eigenvalue weighted by Crippen LogP contribution is 2.31. The summed E-state index contributed by atoms with van der Waals surface area (Å²) < 4.78 is 0. The lowest BCUT2D eigenvalue weighted by Crippen LogP contribution is -1.92. The third kappa shape index (κ3) is 2.40. The number of halogens is 2. The van der Waals surface area contributed by atoms with E-state index in [1.165, 1.54) is 0 Å². The van der Waals surface area contributed by atoms with E-state index in [-0.39, 0.29) is 0 Å². The Kier molecular flexibility index (Phi) is 3.60. The Morgan fingerprint density at radius 2 is 2.06 bits per heavy atom. The highest BCUT2D eigenvalue weighted by Gasteiger charge is 2.12. The number of nitrogen functional groups attached to an aromatic ring is 1. The molecule has 0 radical (unpaired) electrons. The highest BCUT2D eigenvalue weighted by atomic mass is 35.5. The van der Waals surface area contributed by atoms with E-state index in [0.29, 0.717) is 15.9 Å². The van der Waals surface area contributed by atoms with Crippen molar-refractivity contribution in [2.75, 3.05) is 5.73 Å². The molecule has 2 rings (SSSR count). The third-order valence-electron chi connectivity index (χ3n) is 2.61. The number of hydrogen-bond donors (Lipinski definition) is 2. The molecule has 0 aliphatic rings. The zero-order valence-electron chi connectivity index (χ0n) is 9.43. The monoisotopic (exact) mass is 269 g/mol. The minimum atomic E-state index is 0.528. The molecule has 17 heavy (non-hydrogen) atoms. The van der Waals surface area contributed by atoms with Crippen LogP contribution in [0.5, 0.6) is 0 Å². The Hall–Kier alpha value is -1.19. The Bertz CT molecular complexity index is 535. The standard InChI is InChI=1S/C12H13Cl2N3/c1-2-3-8-11(16-17-12(8)15)7-4-5-9(13)10(14)6-7/h4-6H,2-3H2,1H3,(H3,15,16,17). The van der Waals surface area contributed by atoms with Gasteiger partial charge in [0, 0.05) is 11.1 Å². The molecular formula is C12H13Cl2N3. The third-order valence-corrected chi connectivity index (χ3v) is 3.35. The number of aromatic nitrogens is 2. The second-order valence-electron chi connectivity index (χ2n) is 3.84. The van der Waals surface area contributed by atoms with Gasteiger partial charge in [0.25, 0.3) is 0 Å². The number of nitrogens with zero attached hydrogens (tertiary/aromatic N) is 1. The van der Waals surface area contributed by atoms with Gasteiger partial charge in [-0.2, -0.15) is 5.10 Å². The second kappa shape index (κ2) is 4.98. The molecule has 0 aliphatic carbocycles. The molecule has 3 nitrogen and oxygen atoms in total. The van der Waals surface area contributed by atoms with Crippen molar-refractivity contribution >= 4 is 29.0 Å². The van der Waals surface area contributed by atoms with Crippen molar-refractivity contribution < 1.29 is 0 Å². The van der Waals surface area contributed by atoms with Crippen LogP contribution in [-0.2, 0) is 6.42 Å². The van der Waals surface area contributed by atoms with Crippen molar-refractivity contribution in [3.8, 4) is 11.3 Å². The van der Waals surface area contributed by atoms with Crippen molar-refractivity contribution in [1.29, 1.82) is 0 Å². The van der Waals surface area contributed by atoms with Gasteiger partial charge in [-0.25, -0.2) is 0 Å². The summed E-state index contributed by atoms with van der Waals surface area (Å²) in [6.45, 7) is 2.10. The van der Waals surface area contributed by atoms with E-state index in [0.717, 1.165) is 29.7 Å². The number of H-pyrrole nitrogens is 1. The van der Waals surface area contributed by atoms with Crippen molar-refractivity contribution in [3.63, 3.8) is 0 Å². The summed E-state index contributed by atoms with van der Waals surface area (Å²) >= 11 is 11.9. The number of anilines is 1. The molecule has 0 bridgehead atoms. The molecule has 0 saturated heterocycles. The minimum Gasteiger partial charge on any atom is -0.382 e. The van der Waals surface area contributed by atoms with Gasteiger partial charge >= 0.3 is 0 Å². The molecule has 0 spiro atoms. The van der Waals surface area contributed by atoms with Crippen molar-refractivity contribution in [2.24, 2.45) is 0 Å². The predicted molar refractivity (Wildman–Crippen MR) is 72.5 cm³/mol.